The number of carbonyl (C=O) groups excluding carboxylic acids is 2. The molecule has 36 heavy (non-hydrogen) atoms. The van der Waals surface area contributed by atoms with Gasteiger partial charge in [0, 0.05) is 52.3 Å². The predicted octanol–water partition coefficient (Wildman–Crippen LogP) is 5.33. The second-order valence-corrected chi connectivity index (χ2v) is 11.5. The fourth-order valence-electron chi connectivity index (χ4n) is 5.89. The molecule has 1 aromatic carbocycles. The first-order chi connectivity index (χ1) is 17.3. The Morgan fingerprint density at radius 3 is 2.86 bits per heavy atom. The lowest BCUT2D eigenvalue weighted by molar-refractivity contribution is -0.186. The summed E-state index contributed by atoms with van der Waals surface area (Å²) in [5.74, 6) is 0.368. The molecule has 6 nitrogen and oxygen atoms in total. The lowest BCUT2D eigenvalue weighted by Crippen LogP contribution is -2.68. The molecule has 4 rings (SSSR count). The molecule has 2 aliphatic rings. The van der Waals surface area contributed by atoms with Crippen molar-refractivity contribution in [3.05, 3.63) is 69.4 Å². The second kappa shape index (κ2) is 11.3. The van der Waals surface area contributed by atoms with Gasteiger partial charge in [0.15, 0.2) is 0 Å². The van der Waals surface area contributed by atoms with E-state index in [2.05, 4.69) is 44.9 Å². The zero-order chi connectivity index (χ0) is 25.8. The Morgan fingerprint density at radius 2 is 2.17 bits per heavy atom. The number of benzene rings is 1. The first-order valence-corrected chi connectivity index (χ1v) is 13.9. The molecule has 0 unspecified atom stereocenters. The van der Waals surface area contributed by atoms with Gasteiger partial charge in [-0.1, -0.05) is 18.2 Å². The van der Waals surface area contributed by atoms with Crippen molar-refractivity contribution in [1.82, 2.24) is 10.2 Å². The Hall–Kier alpha value is -2.42. The maximum atomic E-state index is 12.9. The number of esters is 1. The molecule has 0 radical (unpaired) electrons. The number of thiophene rings is 1. The number of carbonyl (C=O) groups is 2. The molecule has 8 heteroatoms. The number of methoxy groups -OCH3 is 1. The summed E-state index contributed by atoms with van der Waals surface area (Å²) in [5.41, 5.74) is -0.0739. The highest BCUT2D eigenvalue weighted by atomic mass is 79.9. The van der Waals surface area contributed by atoms with E-state index in [0.29, 0.717) is 19.4 Å². The van der Waals surface area contributed by atoms with Gasteiger partial charge in [-0.2, -0.15) is 0 Å². The summed E-state index contributed by atoms with van der Waals surface area (Å²) in [4.78, 5) is 28.6. The van der Waals surface area contributed by atoms with Gasteiger partial charge in [-0.3, -0.25) is 14.5 Å². The van der Waals surface area contributed by atoms with Crippen molar-refractivity contribution in [2.75, 3.05) is 26.7 Å². The first-order valence-electron chi connectivity index (χ1n) is 12.2. The van der Waals surface area contributed by atoms with Crippen LogP contribution in [0, 0.1) is 0 Å². The highest BCUT2D eigenvalue weighted by Gasteiger charge is 2.60. The zero-order valence-corrected chi connectivity index (χ0v) is 23.2. The second-order valence-electron chi connectivity index (χ2n) is 9.62. The van der Waals surface area contributed by atoms with Crippen LogP contribution in [0.2, 0.25) is 0 Å². The highest BCUT2D eigenvalue weighted by molar-refractivity contribution is 9.10. The number of hydrogen-bond acceptors (Lipinski definition) is 6. The van der Waals surface area contributed by atoms with Crippen LogP contribution < -0.4 is 10.1 Å². The van der Waals surface area contributed by atoms with Gasteiger partial charge in [0.25, 0.3) is 0 Å². The third kappa shape index (κ3) is 5.61. The number of hydrogen-bond donors (Lipinski definition) is 1. The average Bonchev–Trinajstić information content (AvgIpc) is 3.28. The van der Waals surface area contributed by atoms with Crippen molar-refractivity contribution in [2.45, 2.75) is 49.7 Å². The maximum Gasteiger partial charge on any atom is 0.303 e. The first kappa shape index (κ1) is 26.6. The average molecular weight is 574 g/mol. The Morgan fingerprint density at radius 1 is 1.33 bits per heavy atom. The van der Waals surface area contributed by atoms with E-state index in [0.717, 1.165) is 46.6 Å². The molecule has 2 aromatic rings. The summed E-state index contributed by atoms with van der Waals surface area (Å²) in [6.07, 6.45) is 8.19. The number of piperidine rings is 1. The minimum Gasteiger partial charge on any atom is -0.497 e. The maximum absolute atomic E-state index is 12.9. The quantitative estimate of drug-likeness (QED) is 0.263. The fraction of sp³-hybridized carbons (Fsp3) is 0.429. The number of halogens is 1. The van der Waals surface area contributed by atoms with Gasteiger partial charge in [0.05, 0.1) is 7.11 Å². The van der Waals surface area contributed by atoms with Crippen molar-refractivity contribution >= 4 is 45.2 Å². The van der Waals surface area contributed by atoms with Crippen LogP contribution in [-0.2, 0) is 19.7 Å². The third-order valence-corrected chi connectivity index (χ3v) is 9.04. The van der Waals surface area contributed by atoms with Gasteiger partial charge in [-0.05, 0) is 78.0 Å². The third-order valence-electron chi connectivity index (χ3n) is 7.38. The molecule has 2 heterocycles. The molecular weight excluding hydrogens is 540 g/mol. The van der Waals surface area contributed by atoms with Crippen molar-refractivity contribution in [3.63, 3.8) is 0 Å². The van der Waals surface area contributed by atoms with Crippen LogP contribution in [-0.4, -0.2) is 55.2 Å². The van der Waals surface area contributed by atoms with Crippen LogP contribution >= 0.6 is 27.3 Å². The molecule has 0 bridgehead atoms. The summed E-state index contributed by atoms with van der Waals surface area (Å²) < 4.78 is 12.8. The highest BCUT2D eigenvalue weighted by Crippen LogP contribution is 2.54. The van der Waals surface area contributed by atoms with E-state index in [1.807, 2.05) is 35.7 Å². The fourth-order valence-corrected chi connectivity index (χ4v) is 7.23. The smallest absolute Gasteiger partial charge is 0.303 e. The predicted molar refractivity (Wildman–Crippen MR) is 147 cm³/mol. The summed E-state index contributed by atoms with van der Waals surface area (Å²) >= 11 is 5.02. The molecule has 1 amide bonds. The molecule has 1 aliphatic carbocycles. The van der Waals surface area contributed by atoms with Crippen LogP contribution in [0.25, 0.3) is 6.08 Å². The van der Waals surface area contributed by atoms with E-state index in [-0.39, 0.29) is 17.9 Å². The molecule has 192 valence electrons. The molecule has 1 aromatic heterocycles. The van der Waals surface area contributed by atoms with Gasteiger partial charge in [0.1, 0.15) is 11.4 Å². The molecule has 1 saturated carbocycles. The van der Waals surface area contributed by atoms with Crippen molar-refractivity contribution in [3.8, 4) is 5.75 Å². The van der Waals surface area contributed by atoms with Crippen LogP contribution in [0.4, 0.5) is 0 Å². The van der Waals surface area contributed by atoms with E-state index in [4.69, 9.17) is 9.47 Å². The Bertz CT molecular complexity index is 1150. The summed E-state index contributed by atoms with van der Waals surface area (Å²) in [6, 6.07) is 10.0. The number of fused-ring (bicyclic) bond motifs is 1. The Kier molecular flexibility index (Phi) is 8.37. The minimum absolute atomic E-state index is 0.0435. The van der Waals surface area contributed by atoms with Crippen molar-refractivity contribution < 1.29 is 19.1 Å². The largest absolute Gasteiger partial charge is 0.497 e. The van der Waals surface area contributed by atoms with E-state index in [1.165, 1.54) is 6.92 Å². The van der Waals surface area contributed by atoms with Gasteiger partial charge in [-0.25, -0.2) is 0 Å². The van der Waals surface area contributed by atoms with Gasteiger partial charge in [-0.15, -0.1) is 17.9 Å². The number of likely N-dealkylation sites (tertiary alicyclic amines) is 1. The molecule has 1 aliphatic heterocycles. The van der Waals surface area contributed by atoms with E-state index in [1.54, 1.807) is 24.5 Å². The molecule has 1 N–H and O–H groups in total. The number of ether oxygens (including phenoxy) is 2. The molecular formula is C28H33BrN2O4S. The van der Waals surface area contributed by atoms with Crippen LogP contribution in [0.5, 0.6) is 5.75 Å². The molecule has 3 atom stereocenters. The number of nitrogens with one attached hydrogen (secondary N) is 1. The number of amides is 1. The summed E-state index contributed by atoms with van der Waals surface area (Å²) in [7, 11) is 1.66. The Balaban J connectivity index is 1.65. The van der Waals surface area contributed by atoms with Gasteiger partial charge < -0.3 is 14.8 Å². The van der Waals surface area contributed by atoms with Crippen molar-refractivity contribution in [1.29, 1.82) is 0 Å². The van der Waals surface area contributed by atoms with Gasteiger partial charge in [0.2, 0.25) is 5.91 Å². The standard InChI is InChI=1S/C28H33BrN2O4S/c1-4-13-31-14-12-27(21-6-5-7-24(15-21)34-3)17-23(10-11-28(27,19-31)35-20(2)32)30-26(33)9-8-25-16-22(29)18-36-25/h4-9,15-16,18,23H,1,10-14,17,19H2,2-3H3,(H,30,33)/b9-8+/t23-,27-,28-/m0/s1. The number of rotatable bonds is 8. The SMILES string of the molecule is C=CCN1CC[C@@]2(c3cccc(OC)c3)C[C@@H](NC(=O)/C=C/c3cc(Br)cs3)CC[C@]2(OC(C)=O)C1. The molecule has 0 spiro atoms. The summed E-state index contributed by atoms with van der Waals surface area (Å²) in [5, 5.41) is 5.21. The van der Waals surface area contributed by atoms with E-state index in [9.17, 15) is 9.59 Å². The minimum atomic E-state index is -0.702. The van der Waals surface area contributed by atoms with Crippen LogP contribution in [0.1, 0.15) is 43.0 Å². The summed E-state index contributed by atoms with van der Waals surface area (Å²) in [6.45, 7) is 7.60. The topological polar surface area (TPSA) is 67.9 Å². The molecule has 1 saturated heterocycles. The normalized spacial score (nSPS) is 26.2. The lowest BCUT2D eigenvalue weighted by Gasteiger charge is -2.59. The lowest BCUT2D eigenvalue weighted by atomic mass is 9.55. The van der Waals surface area contributed by atoms with Gasteiger partial charge >= 0.3 is 5.97 Å². The number of nitrogens with zero attached hydrogens (tertiary/aromatic N) is 1. The van der Waals surface area contributed by atoms with E-state index < -0.39 is 11.0 Å². The zero-order valence-electron chi connectivity index (χ0n) is 20.8. The van der Waals surface area contributed by atoms with E-state index >= 15 is 0 Å². The van der Waals surface area contributed by atoms with Crippen molar-refractivity contribution in [2.24, 2.45) is 0 Å². The van der Waals surface area contributed by atoms with Crippen LogP contribution in [0.15, 0.2) is 58.9 Å². The van der Waals surface area contributed by atoms with Crippen LogP contribution in [0.3, 0.4) is 0 Å². The monoisotopic (exact) mass is 572 g/mol. The molecule has 2 fully saturated rings. The Labute approximate surface area is 225 Å².